The molecule has 1 N–H and O–H groups in total. The van der Waals surface area contributed by atoms with Gasteiger partial charge in [0.2, 0.25) is 5.91 Å². The lowest BCUT2D eigenvalue weighted by atomic mass is 10.1. The molecule has 118 valence electrons. The topological polar surface area (TPSA) is 74.7 Å². The summed E-state index contributed by atoms with van der Waals surface area (Å²) in [6.45, 7) is 0.487. The summed E-state index contributed by atoms with van der Waals surface area (Å²) in [4.78, 5) is 28.0. The number of amides is 2. The van der Waals surface area contributed by atoms with Crippen molar-refractivity contribution in [2.75, 3.05) is 13.6 Å². The number of hydrogen-bond donors (Lipinski definition) is 1. The number of hydrazone groups is 1. The highest BCUT2D eigenvalue weighted by molar-refractivity contribution is 6.39. The second-order valence-corrected chi connectivity index (χ2v) is 5.47. The van der Waals surface area contributed by atoms with Crippen LogP contribution < -0.4 is 5.32 Å². The Kier molecular flexibility index (Phi) is 4.32. The van der Waals surface area contributed by atoms with Crippen molar-refractivity contribution in [1.29, 1.82) is 0 Å². The van der Waals surface area contributed by atoms with Crippen LogP contribution in [0.3, 0.4) is 0 Å². The van der Waals surface area contributed by atoms with Crippen molar-refractivity contribution in [3.8, 4) is 0 Å². The zero-order chi connectivity index (χ0) is 16.2. The lowest BCUT2D eigenvalue weighted by Gasteiger charge is -2.18. The standard InChI is InChI=1S/C17H18N4O2/c1-21-16(22)9-8-15(20-21)17(23)18-11-10-13-7-6-12-4-2-3-5-14(12)19-13/h2-7H,8-11H2,1H3,(H,18,23). The van der Waals surface area contributed by atoms with Crippen molar-refractivity contribution in [3.05, 3.63) is 42.1 Å². The molecule has 1 aliphatic rings. The van der Waals surface area contributed by atoms with E-state index >= 15 is 0 Å². The summed E-state index contributed by atoms with van der Waals surface area (Å²) in [6.07, 6.45) is 1.37. The zero-order valence-electron chi connectivity index (χ0n) is 13.0. The Balaban J connectivity index is 1.57. The summed E-state index contributed by atoms with van der Waals surface area (Å²) >= 11 is 0. The minimum absolute atomic E-state index is 0.0677. The fourth-order valence-electron chi connectivity index (χ4n) is 2.49. The molecule has 3 rings (SSSR count). The summed E-state index contributed by atoms with van der Waals surface area (Å²) in [5.41, 5.74) is 2.29. The van der Waals surface area contributed by atoms with E-state index in [-0.39, 0.29) is 11.8 Å². The van der Waals surface area contributed by atoms with E-state index in [1.54, 1.807) is 7.05 Å². The van der Waals surface area contributed by atoms with Crippen LogP contribution in [0.4, 0.5) is 0 Å². The number of carbonyl (C=O) groups is 2. The van der Waals surface area contributed by atoms with Crippen molar-refractivity contribution in [3.63, 3.8) is 0 Å². The average Bonchev–Trinajstić information content (AvgIpc) is 2.57. The van der Waals surface area contributed by atoms with E-state index in [0.29, 0.717) is 31.5 Å². The van der Waals surface area contributed by atoms with Crippen molar-refractivity contribution in [2.24, 2.45) is 5.10 Å². The van der Waals surface area contributed by atoms with Crippen LogP contribution in [0.2, 0.25) is 0 Å². The van der Waals surface area contributed by atoms with Crippen LogP contribution in [0.15, 0.2) is 41.5 Å². The summed E-state index contributed by atoms with van der Waals surface area (Å²) in [6, 6.07) is 11.9. The number of benzene rings is 1. The molecule has 6 nitrogen and oxygen atoms in total. The zero-order valence-corrected chi connectivity index (χ0v) is 13.0. The molecule has 2 heterocycles. The number of carbonyl (C=O) groups excluding carboxylic acids is 2. The first kappa shape index (κ1) is 15.1. The Bertz CT molecular complexity index is 785. The van der Waals surface area contributed by atoms with Gasteiger partial charge in [-0.05, 0) is 12.1 Å². The van der Waals surface area contributed by atoms with Crippen LogP contribution in [0.25, 0.3) is 10.9 Å². The predicted molar refractivity (Wildman–Crippen MR) is 87.9 cm³/mol. The van der Waals surface area contributed by atoms with Crippen molar-refractivity contribution >= 4 is 28.4 Å². The Morgan fingerprint density at radius 1 is 1.22 bits per heavy atom. The van der Waals surface area contributed by atoms with E-state index in [2.05, 4.69) is 15.4 Å². The molecule has 2 amide bonds. The highest BCUT2D eigenvalue weighted by atomic mass is 16.2. The van der Waals surface area contributed by atoms with Crippen molar-refractivity contribution in [1.82, 2.24) is 15.3 Å². The molecule has 0 unspecified atom stereocenters. The fourth-order valence-corrected chi connectivity index (χ4v) is 2.49. The van der Waals surface area contributed by atoms with Crippen molar-refractivity contribution < 1.29 is 9.59 Å². The largest absolute Gasteiger partial charge is 0.351 e. The molecular formula is C17H18N4O2. The molecule has 0 saturated carbocycles. The van der Waals surface area contributed by atoms with Crippen LogP contribution in [0.1, 0.15) is 18.5 Å². The molecule has 0 atom stereocenters. The number of nitrogens with zero attached hydrogens (tertiary/aromatic N) is 3. The quantitative estimate of drug-likeness (QED) is 0.930. The third-order valence-corrected chi connectivity index (χ3v) is 3.79. The number of para-hydroxylation sites is 1. The third-order valence-electron chi connectivity index (χ3n) is 3.79. The smallest absolute Gasteiger partial charge is 0.267 e. The molecule has 0 bridgehead atoms. The number of pyridine rings is 1. The normalized spacial score (nSPS) is 14.7. The minimum atomic E-state index is -0.217. The summed E-state index contributed by atoms with van der Waals surface area (Å²) < 4.78 is 0. The summed E-state index contributed by atoms with van der Waals surface area (Å²) in [5.74, 6) is -0.285. The highest BCUT2D eigenvalue weighted by Gasteiger charge is 2.21. The van der Waals surface area contributed by atoms with E-state index in [1.165, 1.54) is 5.01 Å². The summed E-state index contributed by atoms with van der Waals surface area (Å²) in [7, 11) is 1.56. The maximum atomic E-state index is 12.1. The van der Waals surface area contributed by atoms with Gasteiger partial charge in [0.05, 0.1) is 5.52 Å². The molecule has 1 aromatic carbocycles. The maximum Gasteiger partial charge on any atom is 0.267 e. The Labute approximate surface area is 134 Å². The SMILES string of the molecule is CN1N=C(C(=O)NCCc2ccc3ccccc3n2)CCC1=O. The number of fused-ring (bicyclic) bond motifs is 1. The third kappa shape index (κ3) is 3.53. The number of aromatic nitrogens is 1. The number of rotatable bonds is 4. The molecule has 0 fully saturated rings. The Hall–Kier alpha value is -2.76. The Morgan fingerprint density at radius 2 is 2.04 bits per heavy atom. The van der Waals surface area contributed by atoms with E-state index < -0.39 is 0 Å². The van der Waals surface area contributed by atoms with Gasteiger partial charge in [0.15, 0.2) is 0 Å². The summed E-state index contributed by atoms with van der Waals surface area (Å²) in [5, 5.41) is 9.17. The van der Waals surface area contributed by atoms with Gasteiger partial charge in [0, 0.05) is 43.9 Å². The van der Waals surface area contributed by atoms with Crippen LogP contribution >= 0.6 is 0 Å². The molecular weight excluding hydrogens is 292 g/mol. The van der Waals surface area contributed by atoms with Crippen LogP contribution in [-0.4, -0.2) is 41.1 Å². The van der Waals surface area contributed by atoms with Crippen LogP contribution in [-0.2, 0) is 16.0 Å². The molecule has 0 radical (unpaired) electrons. The fraction of sp³-hybridized carbons (Fsp3) is 0.294. The van der Waals surface area contributed by atoms with Crippen LogP contribution in [0.5, 0.6) is 0 Å². The molecule has 0 spiro atoms. The minimum Gasteiger partial charge on any atom is -0.351 e. The van der Waals surface area contributed by atoms with Crippen molar-refractivity contribution in [2.45, 2.75) is 19.3 Å². The van der Waals surface area contributed by atoms with Gasteiger partial charge in [-0.3, -0.25) is 14.6 Å². The van der Waals surface area contributed by atoms with Gasteiger partial charge >= 0.3 is 0 Å². The lowest BCUT2D eigenvalue weighted by molar-refractivity contribution is -0.130. The van der Waals surface area contributed by atoms with E-state index in [4.69, 9.17) is 0 Å². The van der Waals surface area contributed by atoms with E-state index in [0.717, 1.165) is 16.6 Å². The van der Waals surface area contributed by atoms with E-state index in [9.17, 15) is 9.59 Å². The van der Waals surface area contributed by atoms with Gasteiger partial charge in [-0.1, -0.05) is 24.3 Å². The molecule has 0 saturated heterocycles. The predicted octanol–water partition coefficient (Wildman–Crippen LogP) is 1.50. The first-order chi connectivity index (χ1) is 11.1. The Morgan fingerprint density at radius 3 is 2.87 bits per heavy atom. The van der Waals surface area contributed by atoms with E-state index in [1.807, 2.05) is 36.4 Å². The van der Waals surface area contributed by atoms with Gasteiger partial charge in [-0.15, -0.1) is 0 Å². The maximum absolute atomic E-state index is 12.1. The second-order valence-electron chi connectivity index (χ2n) is 5.47. The van der Waals surface area contributed by atoms with Gasteiger partial charge in [-0.2, -0.15) is 5.10 Å². The first-order valence-corrected chi connectivity index (χ1v) is 7.60. The number of nitrogens with one attached hydrogen (secondary N) is 1. The molecule has 6 heteroatoms. The molecule has 0 aliphatic carbocycles. The van der Waals surface area contributed by atoms with Gasteiger partial charge < -0.3 is 5.32 Å². The molecule has 2 aromatic rings. The molecule has 1 aliphatic heterocycles. The second kappa shape index (κ2) is 6.56. The molecule has 1 aromatic heterocycles. The number of hydrogen-bond acceptors (Lipinski definition) is 4. The van der Waals surface area contributed by atoms with Gasteiger partial charge in [0.25, 0.3) is 5.91 Å². The van der Waals surface area contributed by atoms with Crippen LogP contribution in [0, 0.1) is 0 Å². The van der Waals surface area contributed by atoms with Gasteiger partial charge in [0.1, 0.15) is 5.71 Å². The molecule has 23 heavy (non-hydrogen) atoms. The monoisotopic (exact) mass is 310 g/mol. The lowest BCUT2D eigenvalue weighted by Crippen LogP contribution is -2.38. The van der Waals surface area contributed by atoms with Gasteiger partial charge in [-0.25, -0.2) is 5.01 Å². The average molecular weight is 310 g/mol. The highest BCUT2D eigenvalue weighted by Crippen LogP contribution is 2.12. The first-order valence-electron chi connectivity index (χ1n) is 7.60.